The number of carboxylic acids is 1. The van der Waals surface area contributed by atoms with Crippen molar-refractivity contribution in [1.29, 1.82) is 0 Å². The van der Waals surface area contributed by atoms with Gasteiger partial charge < -0.3 is 15.7 Å². The highest BCUT2D eigenvalue weighted by Gasteiger charge is 2.27. The molecule has 0 saturated carbocycles. The van der Waals surface area contributed by atoms with E-state index < -0.39 is 29.9 Å². The Morgan fingerprint density at radius 2 is 1.66 bits per heavy atom. The predicted octanol–water partition coefficient (Wildman–Crippen LogP) is 3.22. The monoisotopic (exact) mass is 454 g/mol. The van der Waals surface area contributed by atoms with Crippen molar-refractivity contribution in [2.24, 2.45) is 0 Å². The number of hydrogen-bond acceptors (Lipinski definition) is 4. The van der Waals surface area contributed by atoms with Crippen LogP contribution in [-0.4, -0.2) is 40.7 Å². The van der Waals surface area contributed by atoms with E-state index in [1.807, 2.05) is 30.3 Å². The van der Waals surface area contributed by atoms with Crippen LogP contribution in [0.2, 0.25) is 10.0 Å². The fourth-order valence-electron chi connectivity index (χ4n) is 2.60. The Bertz CT molecular complexity index is 880. The molecular weight excluding hydrogens is 435 g/mol. The molecule has 0 aliphatic heterocycles. The minimum atomic E-state index is -1.17. The van der Waals surface area contributed by atoms with Gasteiger partial charge in [0.15, 0.2) is 0 Å². The van der Waals surface area contributed by atoms with Gasteiger partial charge in [0.25, 0.3) is 5.91 Å². The first-order valence-corrected chi connectivity index (χ1v) is 10.1. The molecule has 0 heterocycles. The largest absolute Gasteiger partial charge is 0.480 e. The maximum absolute atomic E-state index is 12.8. The van der Waals surface area contributed by atoms with Crippen molar-refractivity contribution in [3.05, 3.63) is 69.7 Å². The van der Waals surface area contributed by atoms with Crippen LogP contribution in [0.1, 0.15) is 22.3 Å². The average Bonchev–Trinajstić information content (AvgIpc) is 2.69. The van der Waals surface area contributed by atoms with Crippen LogP contribution >= 0.6 is 35.8 Å². The smallest absolute Gasteiger partial charge is 0.326 e. The van der Waals surface area contributed by atoms with E-state index in [1.165, 1.54) is 18.2 Å². The standard InChI is InChI=1S/C20H20Cl2N2O4S/c21-14-7-6-13(11-15(14)22)18(25)24-17(10-12-4-2-1-3-5-12)19(26)23-16(8-9-29)20(27)28/h1-7,11,16-17,29H,8-10H2,(H,23,26)(H,24,25)(H,27,28)/t16-,17+/m1/s1. The predicted molar refractivity (Wildman–Crippen MR) is 116 cm³/mol. The number of nitrogens with one attached hydrogen (secondary N) is 2. The van der Waals surface area contributed by atoms with Crippen molar-refractivity contribution >= 4 is 53.6 Å². The summed E-state index contributed by atoms with van der Waals surface area (Å²) < 4.78 is 0. The van der Waals surface area contributed by atoms with E-state index in [0.717, 1.165) is 5.56 Å². The van der Waals surface area contributed by atoms with E-state index in [0.29, 0.717) is 5.02 Å². The first-order valence-electron chi connectivity index (χ1n) is 8.75. The van der Waals surface area contributed by atoms with Crippen LogP contribution in [0.25, 0.3) is 0 Å². The number of benzene rings is 2. The highest BCUT2D eigenvalue weighted by atomic mass is 35.5. The molecular formula is C20H20Cl2N2O4S. The molecule has 0 aromatic heterocycles. The van der Waals surface area contributed by atoms with Gasteiger partial charge in [0.1, 0.15) is 12.1 Å². The van der Waals surface area contributed by atoms with E-state index in [2.05, 4.69) is 23.3 Å². The van der Waals surface area contributed by atoms with Gasteiger partial charge >= 0.3 is 5.97 Å². The molecule has 2 rings (SSSR count). The number of thiol groups is 1. The second kappa shape index (κ2) is 11.1. The van der Waals surface area contributed by atoms with Crippen molar-refractivity contribution in [3.8, 4) is 0 Å². The molecule has 29 heavy (non-hydrogen) atoms. The van der Waals surface area contributed by atoms with Gasteiger partial charge in [-0.05, 0) is 35.9 Å². The van der Waals surface area contributed by atoms with Crippen LogP contribution in [0.4, 0.5) is 0 Å². The van der Waals surface area contributed by atoms with E-state index >= 15 is 0 Å². The molecule has 2 atom stereocenters. The Kier molecular flexibility index (Phi) is 8.82. The summed E-state index contributed by atoms with van der Waals surface area (Å²) >= 11 is 15.9. The first kappa shape index (κ1) is 23.1. The number of amides is 2. The molecule has 0 spiro atoms. The number of carbonyl (C=O) groups is 3. The molecule has 154 valence electrons. The lowest BCUT2D eigenvalue weighted by Gasteiger charge is -2.21. The molecule has 0 aliphatic carbocycles. The minimum Gasteiger partial charge on any atom is -0.480 e. The Labute approximate surface area is 184 Å². The van der Waals surface area contributed by atoms with Crippen molar-refractivity contribution in [1.82, 2.24) is 10.6 Å². The molecule has 0 unspecified atom stereocenters. The van der Waals surface area contributed by atoms with Gasteiger partial charge in [-0.1, -0.05) is 53.5 Å². The first-order chi connectivity index (χ1) is 13.8. The summed E-state index contributed by atoms with van der Waals surface area (Å²) in [7, 11) is 0. The van der Waals surface area contributed by atoms with Gasteiger partial charge in [-0.15, -0.1) is 0 Å². The molecule has 2 aromatic rings. The Balaban J connectivity index is 2.21. The molecule has 0 radical (unpaired) electrons. The number of carboxylic acid groups (broad SMARTS) is 1. The normalized spacial score (nSPS) is 12.7. The summed E-state index contributed by atoms with van der Waals surface area (Å²) in [4.78, 5) is 36.8. The quantitative estimate of drug-likeness (QED) is 0.437. The number of carbonyl (C=O) groups excluding carboxylic acids is 2. The van der Waals surface area contributed by atoms with Gasteiger partial charge in [0.05, 0.1) is 10.0 Å². The molecule has 3 N–H and O–H groups in total. The summed E-state index contributed by atoms with van der Waals surface area (Å²) in [5.41, 5.74) is 1.04. The van der Waals surface area contributed by atoms with Crippen LogP contribution in [0.15, 0.2) is 48.5 Å². The molecule has 2 amide bonds. The second-order valence-electron chi connectivity index (χ2n) is 6.26. The highest BCUT2D eigenvalue weighted by Crippen LogP contribution is 2.22. The Morgan fingerprint density at radius 1 is 0.966 bits per heavy atom. The molecule has 0 aliphatic rings. The van der Waals surface area contributed by atoms with E-state index in [1.54, 1.807) is 0 Å². The Morgan fingerprint density at radius 3 is 2.24 bits per heavy atom. The van der Waals surface area contributed by atoms with E-state index in [4.69, 9.17) is 23.2 Å². The fraction of sp³-hybridized carbons (Fsp3) is 0.250. The summed E-state index contributed by atoms with van der Waals surface area (Å²) in [6.45, 7) is 0. The van der Waals surface area contributed by atoms with E-state index in [-0.39, 0.29) is 29.2 Å². The number of hydrogen-bond donors (Lipinski definition) is 4. The fourth-order valence-corrected chi connectivity index (χ4v) is 3.15. The number of halogens is 2. The second-order valence-corrected chi connectivity index (χ2v) is 7.52. The third-order valence-corrected chi connectivity index (χ3v) is 5.12. The lowest BCUT2D eigenvalue weighted by Crippen LogP contribution is -2.52. The summed E-state index contributed by atoms with van der Waals surface area (Å²) in [5, 5.41) is 14.9. The van der Waals surface area contributed by atoms with Crippen molar-refractivity contribution < 1.29 is 19.5 Å². The van der Waals surface area contributed by atoms with E-state index in [9.17, 15) is 19.5 Å². The third kappa shape index (κ3) is 6.96. The molecule has 0 bridgehead atoms. The average molecular weight is 455 g/mol. The number of rotatable bonds is 9. The molecule has 9 heteroatoms. The van der Waals surface area contributed by atoms with Crippen molar-refractivity contribution in [2.75, 3.05) is 5.75 Å². The molecule has 0 fully saturated rings. The van der Waals surface area contributed by atoms with Gasteiger partial charge in [-0.25, -0.2) is 4.79 Å². The zero-order valence-electron chi connectivity index (χ0n) is 15.3. The molecule has 6 nitrogen and oxygen atoms in total. The SMILES string of the molecule is O=C(N[C@@H](Cc1ccccc1)C(=O)N[C@H](CCS)C(=O)O)c1ccc(Cl)c(Cl)c1. The van der Waals surface area contributed by atoms with Crippen LogP contribution in [0.3, 0.4) is 0 Å². The van der Waals surface area contributed by atoms with Gasteiger partial charge in [0.2, 0.25) is 5.91 Å². The van der Waals surface area contributed by atoms with Crippen molar-refractivity contribution in [2.45, 2.75) is 24.9 Å². The van der Waals surface area contributed by atoms with Gasteiger partial charge in [-0.2, -0.15) is 12.6 Å². The highest BCUT2D eigenvalue weighted by molar-refractivity contribution is 7.80. The third-order valence-electron chi connectivity index (χ3n) is 4.12. The summed E-state index contributed by atoms with van der Waals surface area (Å²) in [6.07, 6.45) is 0.343. The zero-order chi connectivity index (χ0) is 21.4. The van der Waals surface area contributed by atoms with Crippen LogP contribution in [-0.2, 0) is 16.0 Å². The summed E-state index contributed by atoms with van der Waals surface area (Å²) in [5.74, 6) is -2.00. The minimum absolute atomic E-state index is 0.156. The van der Waals surface area contributed by atoms with Gasteiger partial charge in [0, 0.05) is 12.0 Å². The topological polar surface area (TPSA) is 95.5 Å². The van der Waals surface area contributed by atoms with Crippen LogP contribution in [0, 0.1) is 0 Å². The maximum Gasteiger partial charge on any atom is 0.326 e. The van der Waals surface area contributed by atoms with Crippen LogP contribution in [0.5, 0.6) is 0 Å². The lowest BCUT2D eigenvalue weighted by atomic mass is 10.0. The Hall–Kier alpha value is -2.22. The lowest BCUT2D eigenvalue weighted by molar-refractivity contribution is -0.142. The van der Waals surface area contributed by atoms with Gasteiger partial charge in [-0.3, -0.25) is 9.59 Å². The maximum atomic E-state index is 12.8. The summed E-state index contributed by atoms with van der Waals surface area (Å²) in [6, 6.07) is 11.4. The van der Waals surface area contributed by atoms with Crippen molar-refractivity contribution in [3.63, 3.8) is 0 Å². The molecule has 2 aromatic carbocycles. The van der Waals surface area contributed by atoms with Crippen LogP contribution < -0.4 is 10.6 Å². The number of aliphatic carboxylic acids is 1. The molecule has 0 saturated heterocycles. The zero-order valence-corrected chi connectivity index (χ0v) is 17.7.